The fourth-order valence-electron chi connectivity index (χ4n) is 3.36. The van der Waals surface area contributed by atoms with E-state index >= 15 is 0 Å². The zero-order valence-electron chi connectivity index (χ0n) is 12.8. The van der Waals surface area contributed by atoms with Gasteiger partial charge in [0.25, 0.3) is 0 Å². The van der Waals surface area contributed by atoms with Crippen LogP contribution in [0.15, 0.2) is 30.3 Å². The monoisotopic (exact) mass is 294 g/mol. The van der Waals surface area contributed by atoms with Gasteiger partial charge in [-0.25, -0.2) is 0 Å². The molecule has 5 nitrogen and oxygen atoms in total. The predicted octanol–water partition coefficient (Wildman–Crippen LogP) is -0.0614. The minimum absolute atomic E-state index is 0.0169. The molecule has 2 heterocycles. The van der Waals surface area contributed by atoms with E-state index in [9.17, 15) is 5.11 Å². The summed E-state index contributed by atoms with van der Waals surface area (Å²) in [5, 5.41) is 9.59. The zero-order valence-corrected chi connectivity index (χ0v) is 12.8. The Bertz CT molecular complexity index is 478. The number of benzene rings is 1. The van der Waals surface area contributed by atoms with Crippen LogP contribution in [0.25, 0.3) is 0 Å². The van der Waals surface area contributed by atoms with E-state index in [-0.39, 0.29) is 31.1 Å². The van der Waals surface area contributed by atoms with Gasteiger partial charge >= 0.3 is 0 Å². The Balaban J connectivity index is 1.75. The number of rotatable bonds is 4. The van der Waals surface area contributed by atoms with Gasteiger partial charge in [-0.3, -0.25) is 0 Å². The summed E-state index contributed by atoms with van der Waals surface area (Å²) in [5.74, 6) is -0.624. The Morgan fingerprint density at radius 2 is 1.90 bits per heavy atom. The normalized spacial score (nSPS) is 35.6. The van der Waals surface area contributed by atoms with Crippen molar-refractivity contribution in [3.63, 3.8) is 0 Å². The van der Waals surface area contributed by atoms with Gasteiger partial charge in [0.15, 0.2) is 18.2 Å². The van der Waals surface area contributed by atoms with Crippen molar-refractivity contribution in [3.8, 4) is 0 Å². The van der Waals surface area contributed by atoms with Crippen molar-refractivity contribution < 1.29 is 24.2 Å². The second-order valence-corrected chi connectivity index (χ2v) is 6.36. The highest BCUT2D eigenvalue weighted by Gasteiger charge is 2.58. The van der Waals surface area contributed by atoms with E-state index in [0.717, 1.165) is 6.54 Å². The molecule has 0 amide bonds. The number of aliphatic hydroxyl groups is 1. The molecule has 21 heavy (non-hydrogen) atoms. The number of ether oxygens (including phenoxy) is 3. The number of hydrogen-bond acceptors (Lipinski definition) is 4. The molecule has 1 aromatic carbocycles. The van der Waals surface area contributed by atoms with Gasteiger partial charge in [-0.15, -0.1) is 0 Å². The quantitative estimate of drug-likeness (QED) is 0.817. The first-order valence-electron chi connectivity index (χ1n) is 7.48. The number of quaternary nitrogens is 1. The first-order chi connectivity index (χ1) is 10.00. The number of nitrogens with one attached hydrogen (secondary N) is 1. The van der Waals surface area contributed by atoms with E-state index in [0.29, 0.717) is 0 Å². The highest BCUT2D eigenvalue weighted by Crippen LogP contribution is 2.36. The number of aliphatic hydroxyl groups excluding tert-OH is 1. The van der Waals surface area contributed by atoms with Gasteiger partial charge in [0.05, 0.1) is 13.7 Å². The minimum atomic E-state index is -0.624. The van der Waals surface area contributed by atoms with Crippen LogP contribution < -0.4 is 4.90 Å². The Morgan fingerprint density at radius 3 is 2.57 bits per heavy atom. The molecule has 0 bridgehead atoms. The summed E-state index contributed by atoms with van der Waals surface area (Å²) >= 11 is 0. The van der Waals surface area contributed by atoms with Crippen molar-refractivity contribution in [2.24, 2.45) is 0 Å². The second kappa shape index (κ2) is 5.66. The van der Waals surface area contributed by atoms with Crippen LogP contribution in [0.3, 0.4) is 0 Å². The van der Waals surface area contributed by atoms with E-state index in [1.165, 1.54) is 10.5 Å². The molecular weight excluding hydrogens is 270 g/mol. The van der Waals surface area contributed by atoms with Gasteiger partial charge in [0.1, 0.15) is 18.7 Å². The summed E-state index contributed by atoms with van der Waals surface area (Å²) in [6, 6.07) is 10.4. The summed E-state index contributed by atoms with van der Waals surface area (Å²) in [7, 11) is 2.11. The molecule has 0 saturated carbocycles. The lowest BCUT2D eigenvalue weighted by atomic mass is 10.1. The first-order valence-corrected chi connectivity index (χ1v) is 7.48. The Hall–Kier alpha value is -0.980. The molecule has 116 valence electrons. The predicted molar refractivity (Wildman–Crippen MR) is 76.6 cm³/mol. The number of fused-ring (bicyclic) bond motifs is 1. The summed E-state index contributed by atoms with van der Waals surface area (Å²) in [4.78, 5) is 1.26. The van der Waals surface area contributed by atoms with Crippen molar-refractivity contribution in [3.05, 3.63) is 35.9 Å². The third-order valence-corrected chi connectivity index (χ3v) is 4.23. The standard InChI is InChI=1S/C16H23NO4/c1-16(2)20-14-13(12(10-18)19-15(14)21-16)17(3)9-11-7-5-4-6-8-11/h4-8,12-15,18H,9-10H2,1-3H3/p+1/t12-,13+,14-,15-/m1/s1. The number of likely N-dealkylation sites (N-methyl/N-ethyl adjacent to an activating group) is 1. The molecule has 5 atom stereocenters. The summed E-state index contributed by atoms with van der Waals surface area (Å²) in [6.07, 6.45) is -0.770. The van der Waals surface area contributed by atoms with Gasteiger partial charge in [0, 0.05) is 5.56 Å². The SMILES string of the molecule is C[NH+](Cc1ccccc1)[C@@H]1[C@H]2OC(C)(C)O[C@H]2O[C@@H]1CO. The second-order valence-electron chi connectivity index (χ2n) is 6.36. The summed E-state index contributed by atoms with van der Waals surface area (Å²) in [6.45, 7) is 4.63. The van der Waals surface area contributed by atoms with E-state index in [1.54, 1.807) is 0 Å². The van der Waals surface area contributed by atoms with Crippen molar-refractivity contribution in [2.75, 3.05) is 13.7 Å². The van der Waals surface area contributed by atoms with E-state index in [1.807, 2.05) is 32.0 Å². The highest BCUT2D eigenvalue weighted by molar-refractivity contribution is 5.13. The third-order valence-electron chi connectivity index (χ3n) is 4.23. The molecular formula is C16H24NO4+. The fraction of sp³-hybridized carbons (Fsp3) is 0.625. The molecule has 0 radical (unpaired) electrons. The van der Waals surface area contributed by atoms with E-state index in [4.69, 9.17) is 14.2 Å². The molecule has 0 aliphatic carbocycles. The number of hydrogen-bond donors (Lipinski definition) is 2. The van der Waals surface area contributed by atoms with Crippen molar-refractivity contribution >= 4 is 0 Å². The van der Waals surface area contributed by atoms with Gasteiger partial charge in [-0.1, -0.05) is 30.3 Å². The van der Waals surface area contributed by atoms with Gasteiger partial charge in [0.2, 0.25) is 0 Å². The average Bonchev–Trinajstić information content (AvgIpc) is 2.90. The van der Waals surface area contributed by atoms with Crippen LogP contribution >= 0.6 is 0 Å². The van der Waals surface area contributed by atoms with E-state index in [2.05, 4.69) is 19.2 Å². The zero-order chi connectivity index (χ0) is 15.0. The molecule has 2 fully saturated rings. The molecule has 5 heteroatoms. The van der Waals surface area contributed by atoms with Gasteiger partial charge < -0.3 is 24.2 Å². The maximum absolute atomic E-state index is 9.59. The molecule has 2 N–H and O–H groups in total. The smallest absolute Gasteiger partial charge is 0.193 e. The molecule has 1 aromatic rings. The van der Waals surface area contributed by atoms with Crippen LogP contribution in [0.1, 0.15) is 19.4 Å². The highest BCUT2D eigenvalue weighted by atomic mass is 16.8. The van der Waals surface area contributed by atoms with E-state index < -0.39 is 5.79 Å². The van der Waals surface area contributed by atoms with Crippen LogP contribution in [0.4, 0.5) is 0 Å². The maximum Gasteiger partial charge on any atom is 0.193 e. The van der Waals surface area contributed by atoms with Crippen molar-refractivity contribution in [1.29, 1.82) is 0 Å². The van der Waals surface area contributed by atoms with Crippen LogP contribution in [0.5, 0.6) is 0 Å². The maximum atomic E-state index is 9.59. The molecule has 2 aliphatic heterocycles. The van der Waals surface area contributed by atoms with Crippen molar-refractivity contribution in [1.82, 2.24) is 0 Å². The van der Waals surface area contributed by atoms with Gasteiger partial charge in [-0.05, 0) is 13.8 Å². The molecule has 0 spiro atoms. The largest absolute Gasteiger partial charge is 0.393 e. The lowest BCUT2D eigenvalue weighted by Gasteiger charge is -2.29. The van der Waals surface area contributed by atoms with Gasteiger partial charge in [-0.2, -0.15) is 0 Å². The minimum Gasteiger partial charge on any atom is -0.393 e. The average molecular weight is 294 g/mol. The Kier molecular flexibility index (Phi) is 4.03. The Labute approximate surface area is 125 Å². The third kappa shape index (κ3) is 2.98. The van der Waals surface area contributed by atoms with Crippen molar-refractivity contribution in [2.45, 2.75) is 50.7 Å². The van der Waals surface area contributed by atoms with Crippen LogP contribution in [-0.2, 0) is 20.8 Å². The summed E-state index contributed by atoms with van der Waals surface area (Å²) < 4.78 is 17.6. The topological polar surface area (TPSA) is 52.4 Å². The molecule has 1 unspecified atom stereocenters. The lowest BCUT2D eigenvalue weighted by Crippen LogP contribution is -3.14. The molecule has 3 rings (SSSR count). The molecule has 0 aromatic heterocycles. The first kappa shape index (κ1) is 14.9. The lowest BCUT2D eigenvalue weighted by molar-refractivity contribution is -0.924. The molecule has 2 aliphatic rings. The molecule has 2 saturated heterocycles. The summed E-state index contributed by atoms with van der Waals surface area (Å²) in [5.41, 5.74) is 1.26. The van der Waals surface area contributed by atoms with Crippen LogP contribution in [-0.4, -0.2) is 49.1 Å². The van der Waals surface area contributed by atoms with Crippen LogP contribution in [0, 0.1) is 0 Å². The van der Waals surface area contributed by atoms with Crippen LogP contribution in [0.2, 0.25) is 0 Å². The Morgan fingerprint density at radius 1 is 1.19 bits per heavy atom. The fourth-order valence-corrected chi connectivity index (χ4v) is 3.36.